The number of hydrogen-bond donors (Lipinski definition) is 1. The molecular formula is C18H30N4O2S2. The van der Waals surface area contributed by atoms with Gasteiger partial charge >= 0.3 is 0 Å². The van der Waals surface area contributed by atoms with E-state index in [1.54, 1.807) is 11.3 Å². The first-order chi connectivity index (χ1) is 12.5. The fraction of sp³-hybridized carbons (Fsp3) is 0.778. The second-order valence-electron chi connectivity index (χ2n) is 7.24. The highest BCUT2D eigenvalue weighted by Gasteiger charge is 2.48. The zero-order chi connectivity index (χ0) is 18.6. The molecule has 8 heteroatoms. The zero-order valence-electron chi connectivity index (χ0n) is 15.8. The van der Waals surface area contributed by atoms with Crippen LogP contribution in [0.15, 0.2) is 10.4 Å². The molecule has 26 heavy (non-hydrogen) atoms. The van der Waals surface area contributed by atoms with Crippen molar-refractivity contribution in [2.45, 2.75) is 63.7 Å². The summed E-state index contributed by atoms with van der Waals surface area (Å²) >= 11 is 1.67. The molecule has 1 aliphatic carbocycles. The summed E-state index contributed by atoms with van der Waals surface area (Å²) in [6.07, 6.45) is 5.70. The van der Waals surface area contributed by atoms with Crippen LogP contribution in [-0.2, 0) is 22.8 Å². The van der Waals surface area contributed by atoms with Gasteiger partial charge in [0.05, 0.1) is 27.7 Å². The van der Waals surface area contributed by atoms with Gasteiger partial charge in [0.25, 0.3) is 0 Å². The van der Waals surface area contributed by atoms with Gasteiger partial charge in [0.2, 0.25) is 0 Å². The summed E-state index contributed by atoms with van der Waals surface area (Å²) in [6, 6.07) is 0. The molecule has 0 unspecified atom stereocenters. The van der Waals surface area contributed by atoms with Gasteiger partial charge in [0.15, 0.2) is 15.8 Å². The number of thiazole rings is 1. The summed E-state index contributed by atoms with van der Waals surface area (Å²) in [4.78, 5) is 11.5. The van der Waals surface area contributed by atoms with Crippen molar-refractivity contribution in [2.24, 2.45) is 4.99 Å². The van der Waals surface area contributed by atoms with E-state index in [1.807, 2.05) is 6.92 Å². The highest BCUT2D eigenvalue weighted by molar-refractivity contribution is 7.92. The maximum Gasteiger partial charge on any atom is 0.194 e. The molecule has 0 radical (unpaired) electrons. The number of aliphatic imine (C=N–C) groups is 1. The van der Waals surface area contributed by atoms with E-state index in [1.165, 1.54) is 0 Å². The number of aryl methyl sites for hydroxylation is 1. The summed E-state index contributed by atoms with van der Waals surface area (Å²) in [5.41, 5.74) is 0.985. The normalized spacial score (nSPS) is 22.5. The van der Waals surface area contributed by atoms with Crippen LogP contribution in [0.1, 0.15) is 56.7 Å². The molecular weight excluding hydrogens is 368 g/mol. The van der Waals surface area contributed by atoms with E-state index >= 15 is 0 Å². The van der Waals surface area contributed by atoms with Gasteiger partial charge in [-0.1, -0.05) is 26.2 Å². The minimum atomic E-state index is -3.03. The molecule has 0 bridgehead atoms. The van der Waals surface area contributed by atoms with E-state index in [4.69, 9.17) is 4.99 Å². The molecule has 1 saturated heterocycles. The molecule has 1 aliphatic heterocycles. The molecule has 3 rings (SSSR count). The third-order valence-electron chi connectivity index (χ3n) is 5.46. The minimum Gasteiger partial charge on any atom is -0.357 e. The first kappa shape index (κ1) is 19.6. The van der Waals surface area contributed by atoms with Crippen molar-refractivity contribution in [3.8, 4) is 0 Å². The third-order valence-corrected chi connectivity index (χ3v) is 9.08. The Bertz CT molecular complexity index is 736. The van der Waals surface area contributed by atoms with Crippen LogP contribution in [0.2, 0.25) is 0 Å². The number of nitrogens with one attached hydrogen (secondary N) is 1. The molecule has 2 heterocycles. The van der Waals surface area contributed by atoms with Crippen molar-refractivity contribution in [3.63, 3.8) is 0 Å². The Morgan fingerprint density at radius 1 is 1.35 bits per heavy atom. The quantitative estimate of drug-likeness (QED) is 0.623. The van der Waals surface area contributed by atoms with Gasteiger partial charge in [-0.15, -0.1) is 11.3 Å². The highest BCUT2D eigenvalue weighted by Crippen LogP contribution is 2.38. The second-order valence-corrected chi connectivity index (χ2v) is 10.7. The van der Waals surface area contributed by atoms with Crippen LogP contribution in [0.25, 0.3) is 0 Å². The Morgan fingerprint density at radius 3 is 2.77 bits per heavy atom. The van der Waals surface area contributed by atoms with Gasteiger partial charge in [-0.2, -0.15) is 0 Å². The van der Waals surface area contributed by atoms with Crippen molar-refractivity contribution < 1.29 is 8.42 Å². The summed E-state index contributed by atoms with van der Waals surface area (Å²) in [5, 5.41) is 6.54. The van der Waals surface area contributed by atoms with Crippen LogP contribution in [0.5, 0.6) is 0 Å². The molecule has 6 nitrogen and oxygen atoms in total. The van der Waals surface area contributed by atoms with E-state index in [0.717, 1.165) is 61.7 Å². The molecule has 1 spiro atoms. The fourth-order valence-electron chi connectivity index (χ4n) is 3.98. The van der Waals surface area contributed by atoms with Crippen molar-refractivity contribution in [2.75, 3.05) is 25.4 Å². The van der Waals surface area contributed by atoms with Crippen molar-refractivity contribution in [1.82, 2.24) is 15.2 Å². The Hall–Kier alpha value is -1.15. The molecule has 2 aliphatic rings. The lowest BCUT2D eigenvalue weighted by atomic mass is 9.87. The van der Waals surface area contributed by atoms with Crippen LogP contribution in [-0.4, -0.2) is 54.4 Å². The molecule has 1 N–H and O–H groups in total. The van der Waals surface area contributed by atoms with Crippen LogP contribution in [0, 0.1) is 0 Å². The molecule has 0 amide bonds. The van der Waals surface area contributed by atoms with Gasteiger partial charge in [-0.05, 0) is 26.2 Å². The van der Waals surface area contributed by atoms with E-state index < -0.39 is 14.6 Å². The molecule has 1 saturated carbocycles. The zero-order valence-corrected chi connectivity index (χ0v) is 17.5. The first-order valence-corrected chi connectivity index (χ1v) is 12.2. The standard InChI is InChI=1S/C18H30N4O2S2/c1-3-16-21-15(13-25-16)12-20-17(19-4-2)22-10-11-26(23,24)18(14-22)8-6-5-7-9-18/h13H,3-12,14H2,1-2H3,(H,19,20). The lowest BCUT2D eigenvalue weighted by Gasteiger charge is -2.45. The highest BCUT2D eigenvalue weighted by atomic mass is 32.2. The first-order valence-electron chi connectivity index (χ1n) is 9.68. The summed E-state index contributed by atoms with van der Waals surface area (Å²) in [7, 11) is -3.03. The molecule has 1 aromatic heterocycles. The number of nitrogens with zero attached hydrogens (tertiary/aromatic N) is 3. The van der Waals surface area contributed by atoms with Crippen LogP contribution < -0.4 is 5.32 Å². The smallest absolute Gasteiger partial charge is 0.194 e. The van der Waals surface area contributed by atoms with Crippen LogP contribution in [0.3, 0.4) is 0 Å². The van der Waals surface area contributed by atoms with E-state index in [2.05, 4.69) is 27.5 Å². The topological polar surface area (TPSA) is 74.7 Å². The summed E-state index contributed by atoms with van der Waals surface area (Å²) < 4.78 is 25.0. The van der Waals surface area contributed by atoms with E-state index in [0.29, 0.717) is 19.6 Å². The fourth-order valence-corrected chi connectivity index (χ4v) is 6.88. The van der Waals surface area contributed by atoms with Crippen LogP contribution in [0.4, 0.5) is 0 Å². The Balaban J connectivity index is 1.77. The monoisotopic (exact) mass is 398 g/mol. The third kappa shape index (κ3) is 4.06. The molecule has 2 fully saturated rings. The summed E-state index contributed by atoms with van der Waals surface area (Å²) in [5.74, 6) is 1.05. The molecule has 0 aromatic carbocycles. The van der Waals surface area contributed by atoms with Gasteiger partial charge in [0.1, 0.15) is 0 Å². The lowest BCUT2D eigenvalue weighted by Crippen LogP contribution is -2.60. The SMILES string of the molecule is CCNC(=NCc1csc(CC)n1)N1CCS(=O)(=O)C2(CCCCC2)C1. The molecule has 0 atom stereocenters. The number of aromatic nitrogens is 1. The summed E-state index contributed by atoms with van der Waals surface area (Å²) in [6.45, 7) is 6.55. The molecule has 146 valence electrons. The largest absolute Gasteiger partial charge is 0.357 e. The second kappa shape index (κ2) is 8.25. The number of rotatable bonds is 4. The number of hydrogen-bond acceptors (Lipinski definition) is 5. The lowest BCUT2D eigenvalue weighted by molar-refractivity contribution is 0.274. The number of guanidine groups is 1. The predicted octanol–water partition coefficient (Wildman–Crippen LogP) is 2.60. The average molecular weight is 399 g/mol. The van der Waals surface area contributed by atoms with Gasteiger partial charge in [-0.3, -0.25) is 0 Å². The Labute approximate surface area is 161 Å². The van der Waals surface area contributed by atoms with Gasteiger partial charge in [-0.25, -0.2) is 18.4 Å². The Kier molecular flexibility index (Phi) is 6.22. The predicted molar refractivity (Wildman–Crippen MR) is 107 cm³/mol. The maximum atomic E-state index is 12.8. The molecule has 1 aromatic rings. The van der Waals surface area contributed by atoms with Crippen molar-refractivity contribution in [1.29, 1.82) is 0 Å². The van der Waals surface area contributed by atoms with E-state index in [9.17, 15) is 8.42 Å². The number of sulfone groups is 1. The maximum absolute atomic E-state index is 12.8. The van der Waals surface area contributed by atoms with Gasteiger partial charge in [0, 0.05) is 25.0 Å². The average Bonchev–Trinajstić information content (AvgIpc) is 3.10. The Morgan fingerprint density at radius 2 is 2.12 bits per heavy atom. The van der Waals surface area contributed by atoms with E-state index in [-0.39, 0.29) is 5.75 Å². The van der Waals surface area contributed by atoms with Crippen molar-refractivity contribution in [3.05, 3.63) is 16.1 Å². The van der Waals surface area contributed by atoms with Crippen molar-refractivity contribution >= 4 is 27.1 Å². The minimum absolute atomic E-state index is 0.230. The van der Waals surface area contributed by atoms with Gasteiger partial charge < -0.3 is 10.2 Å². The van der Waals surface area contributed by atoms with Crippen LogP contribution >= 0.6 is 11.3 Å².